The van der Waals surface area contributed by atoms with E-state index in [0.717, 1.165) is 65.7 Å². The summed E-state index contributed by atoms with van der Waals surface area (Å²) in [7, 11) is 0. The van der Waals surface area contributed by atoms with E-state index in [2.05, 4.69) is 44.8 Å². The van der Waals surface area contributed by atoms with Crippen LogP contribution in [0.2, 0.25) is 0 Å². The highest BCUT2D eigenvalue weighted by molar-refractivity contribution is 7.17. The highest BCUT2D eigenvalue weighted by atomic mass is 32.1. The van der Waals surface area contributed by atoms with E-state index in [4.69, 9.17) is 9.72 Å². The molecular formula is C26H26N4O2S. The molecule has 0 atom stereocenters. The van der Waals surface area contributed by atoms with Crippen molar-refractivity contribution >= 4 is 33.1 Å². The van der Waals surface area contributed by atoms with E-state index in [1.165, 1.54) is 18.1 Å². The summed E-state index contributed by atoms with van der Waals surface area (Å²) in [4.78, 5) is 23.2. The van der Waals surface area contributed by atoms with Gasteiger partial charge in [-0.15, -0.1) is 11.3 Å². The van der Waals surface area contributed by atoms with Crippen LogP contribution in [0.3, 0.4) is 0 Å². The number of morpholine rings is 1. The van der Waals surface area contributed by atoms with Crippen LogP contribution in [-0.4, -0.2) is 47.1 Å². The molecule has 1 aliphatic heterocycles. The molecule has 7 heteroatoms. The Morgan fingerprint density at radius 2 is 1.79 bits per heavy atom. The summed E-state index contributed by atoms with van der Waals surface area (Å²) in [5.41, 5.74) is 6.46. The van der Waals surface area contributed by atoms with E-state index in [1.807, 2.05) is 30.5 Å². The zero-order valence-corrected chi connectivity index (χ0v) is 19.4. The van der Waals surface area contributed by atoms with Gasteiger partial charge in [0.05, 0.1) is 23.4 Å². The lowest BCUT2D eigenvalue weighted by molar-refractivity contribution is -0.114. The monoisotopic (exact) mass is 458 g/mol. The summed E-state index contributed by atoms with van der Waals surface area (Å²) in [6.07, 6.45) is 2.62. The third kappa shape index (κ3) is 5.27. The average molecular weight is 459 g/mol. The van der Waals surface area contributed by atoms with Crippen molar-refractivity contribution in [3.05, 3.63) is 77.1 Å². The van der Waals surface area contributed by atoms with Crippen LogP contribution in [0.4, 0.5) is 5.69 Å². The number of ether oxygens (including phenoxy) is 1. The zero-order chi connectivity index (χ0) is 22.6. The fourth-order valence-electron chi connectivity index (χ4n) is 4.05. The highest BCUT2D eigenvalue weighted by Crippen LogP contribution is 2.33. The number of nitrogens with zero attached hydrogens (tertiary/aromatic N) is 3. The van der Waals surface area contributed by atoms with Crippen molar-refractivity contribution in [2.24, 2.45) is 0 Å². The number of carbonyl (C=O) groups excluding carboxylic acids is 1. The van der Waals surface area contributed by atoms with Crippen molar-refractivity contribution in [3.8, 4) is 11.1 Å². The predicted molar refractivity (Wildman–Crippen MR) is 132 cm³/mol. The molecule has 1 N–H and O–H groups in total. The predicted octanol–water partition coefficient (Wildman–Crippen LogP) is 4.74. The van der Waals surface area contributed by atoms with Gasteiger partial charge < -0.3 is 10.1 Å². The summed E-state index contributed by atoms with van der Waals surface area (Å²) in [6, 6.07) is 16.6. The fraction of sp³-hybridized carbons (Fsp3) is 0.269. The largest absolute Gasteiger partial charge is 0.379 e. The Kier molecular flexibility index (Phi) is 6.44. The fourth-order valence-corrected chi connectivity index (χ4v) is 4.93. The van der Waals surface area contributed by atoms with Crippen LogP contribution in [0.5, 0.6) is 0 Å². The maximum atomic E-state index is 11.3. The standard InChI is InChI=1S/C26H26N4O2S/c1-18(31)28-22-8-6-21(7-9-22)23-17-33-24-15-27-25(29-26(23)24)14-19-2-4-20(5-3-19)16-30-10-12-32-13-11-30/h2-9,15,17H,10-14,16H2,1H3,(H,28,31). The third-order valence-corrected chi connectivity index (χ3v) is 6.68. The van der Waals surface area contributed by atoms with Crippen LogP contribution in [0.1, 0.15) is 23.9 Å². The quantitative estimate of drug-likeness (QED) is 0.452. The molecule has 0 saturated carbocycles. The van der Waals surface area contributed by atoms with Gasteiger partial charge in [0.1, 0.15) is 5.82 Å². The van der Waals surface area contributed by atoms with Crippen LogP contribution in [0, 0.1) is 0 Å². The Morgan fingerprint density at radius 1 is 1.06 bits per heavy atom. The van der Waals surface area contributed by atoms with E-state index in [-0.39, 0.29) is 5.91 Å². The van der Waals surface area contributed by atoms with Crippen LogP contribution < -0.4 is 5.32 Å². The Labute approximate surface area is 197 Å². The topological polar surface area (TPSA) is 67.4 Å². The molecule has 2 aromatic carbocycles. The summed E-state index contributed by atoms with van der Waals surface area (Å²) in [5.74, 6) is 0.744. The van der Waals surface area contributed by atoms with Gasteiger partial charge in [0, 0.05) is 55.8 Å². The highest BCUT2D eigenvalue weighted by Gasteiger charge is 2.12. The van der Waals surface area contributed by atoms with Crippen LogP contribution >= 0.6 is 11.3 Å². The molecule has 0 bridgehead atoms. The molecular weight excluding hydrogens is 432 g/mol. The molecule has 168 valence electrons. The Bertz CT molecular complexity index is 1250. The van der Waals surface area contributed by atoms with Crippen molar-refractivity contribution in [1.29, 1.82) is 0 Å². The lowest BCUT2D eigenvalue weighted by Crippen LogP contribution is -2.35. The Balaban J connectivity index is 1.31. The minimum absolute atomic E-state index is 0.0738. The number of anilines is 1. The Morgan fingerprint density at radius 3 is 2.52 bits per heavy atom. The van der Waals surface area contributed by atoms with E-state index >= 15 is 0 Å². The van der Waals surface area contributed by atoms with E-state index in [0.29, 0.717) is 6.42 Å². The van der Waals surface area contributed by atoms with E-state index < -0.39 is 0 Å². The molecule has 5 rings (SSSR count). The first kappa shape index (κ1) is 21.7. The second-order valence-electron chi connectivity index (χ2n) is 8.29. The van der Waals surface area contributed by atoms with Gasteiger partial charge in [-0.2, -0.15) is 0 Å². The van der Waals surface area contributed by atoms with Gasteiger partial charge in [-0.1, -0.05) is 36.4 Å². The number of amides is 1. The number of carbonyl (C=O) groups is 1. The van der Waals surface area contributed by atoms with Gasteiger partial charge in [0.25, 0.3) is 0 Å². The van der Waals surface area contributed by atoms with Gasteiger partial charge in [-0.25, -0.2) is 9.97 Å². The molecule has 0 unspecified atom stereocenters. The summed E-state index contributed by atoms with van der Waals surface area (Å²) < 4.78 is 6.50. The first-order valence-electron chi connectivity index (χ1n) is 11.1. The van der Waals surface area contributed by atoms with Gasteiger partial charge in [-0.05, 0) is 28.8 Å². The number of rotatable bonds is 6. The molecule has 3 heterocycles. The number of thiophene rings is 1. The molecule has 6 nitrogen and oxygen atoms in total. The molecule has 33 heavy (non-hydrogen) atoms. The number of hydrogen-bond donors (Lipinski definition) is 1. The van der Waals surface area contributed by atoms with Gasteiger partial charge in [-0.3, -0.25) is 9.69 Å². The smallest absolute Gasteiger partial charge is 0.221 e. The average Bonchev–Trinajstić information content (AvgIpc) is 3.24. The van der Waals surface area contributed by atoms with Crippen LogP contribution in [0.25, 0.3) is 21.3 Å². The lowest BCUT2D eigenvalue weighted by Gasteiger charge is -2.26. The summed E-state index contributed by atoms with van der Waals surface area (Å²) in [5, 5.41) is 4.93. The normalized spacial score (nSPS) is 14.5. The van der Waals surface area contributed by atoms with Gasteiger partial charge in [0.2, 0.25) is 5.91 Å². The SMILES string of the molecule is CC(=O)Nc1ccc(-c2csc3cnc(Cc4ccc(CN5CCOCC5)cc4)nc23)cc1. The molecule has 0 spiro atoms. The first-order chi connectivity index (χ1) is 16.1. The lowest BCUT2D eigenvalue weighted by atomic mass is 10.1. The molecule has 0 aliphatic carbocycles. The maximum absolute atomic E-state index is 11.3. The van der Waals surface area contributed by atoms with E-state index in [9.17, 15) is 4.79 Å². The molecule has 0 radical (unpaired) electrons. The van der Waals surface area contributed by atoms with Crippen molar-refractivity contribution in [3.63, 3.8) is 0 Å². The molecule has 1 fully saturated rings. The maximum Gasteiger partial charge on any atom is 0.221 e. The summed E-state index contributed by atoms with van der Waals surface area (Å²) in [6.45, 7) is 6.11. The summed E-state index contributed by atoms with van der Waals surface area (Å²) >= 11 is 1.65. The van der Waals surface area contributed by atoms with Crippen molar-refractivity contribution in [2.75, 3.05) is 31.6 Å². The van der Waals surface area contributed by atoms with Gasteiger partial charge >= 0.3 is 0 Å². The van der Waals surface area contributed by atoms with Crippen molar-refractivity contribution in [1.82, 2.24) is 14.9 Å². The number of hydrogen-bond acceptors (Lipinski definition) is 6. The van der Waals surface area contributed by atoms with E-state index in [1.54, 1.807) is 11.3 Å². The number of fused-ring (bicyclic) bond motifs is 1. The molecule has 2 aromatic heterocycles. The molecule has 1 amide bonds. The van der Waals surface area contributed by atoms with Crippen molar-refractivity contribution < 1.29 is 9.53 Å². The minimum Gasteiger partial charge on any atom is -0.379 e. The Hall–Kier alpha value is -3.13. The van der Waals surface area contributed by atoms with Crippen LogP contribution in [0.15, 0.2) is 60.1 Å². The number of benzene rings is 2. The minimum atomic E-state index is -0.0738. The second kappa shape index (κ2) is 9.79. The van der Waals surface area contributed by atoms with Gasteiger partial charge in [0.15, 0.2) is 0 Å². The zero-order valence-electron chi connectivity index (χ0n) is 18.6. The van der Waals surface area contributed by atoms with Crippen LogP contribution in [-0.2, 0) is 22.5 Å². The molecule has 1 aliphatic rings. The van der Waals surface area contributed by atoms with Crippen molar-refractivity contribution in [2.45, 2.75) is 19.9 Å². The first-order valence-corrected chi connectivity index (χ1v) is 12.0. The third-order valence-electron chi connectivity index (χ3n) is 5.78. The number of aromatic nitrogens is 2. The number of nitrogens with one attached hydrogen (secondary N) is 1. The second-order valence-corrected chi connectivity index (χ2v) is 9.20. The molecule has 4 aromatic rings. The molecule has 1 saturated heterocycles.